The molecule has 0 bridgehead atoms. The van der Waals surface area contributed by atoms with Crippen LogP contribution in [-0.2, 0) is 6.18 Å². The first-order valence-electron chi connectivity index (χ1n) is 5.16. The number of hydrogen-bond donors (Lipinski definition) is 1. The summed E-state index contributed by atoms with van der Waals surface area (Å²) >= 11 is 0. The topological polar surface area (TPSA) is 35.8 Å². The average Bonchev–Trinajstić information content (AvgIpc) is 2.26. The fourth-order valence-electron chi connectivity index (χ4n) is 1.35. The quantitative estimate of drug-likeness (QED) is 0.879. The lowest BCUT2D eigenvalue weighted by Gasteiger charge is -2.13. The molecule has 0 aliphatic heterocycles. The molecule has 1 N–H and O–H groups in total. The summed E-state index contributed by atoms with van der Waals surface area (Å²) in [6.45, 7) is 3.45. The fraction of sp³-hybridized carbons (Fsp3) is 0.417. The Labute approximate surface area is 98.1 Å². The van der Waals surface area contributed by atoms with E-state index in [1.165, 1.54) is 13.0 Å². The summed E-state index contributed by atoms with van der Waals surface area (Å²) in [5.41, 5.74) is -0.0754. The van der Waals surface area contributed by atoms with E-state index in [1.807, 2.05) is 6.07 Å². The van der Waals surface area contributed by atoms with Crippen LogP contribution in [0.3, 0.4) is 0 Å². The maximum Gasteiger partial charge on any atom is 0.416 e. The summed E-state index contributed by atoms with van der Waals surface area (Å²) in [5, 5.41) is 11.4. The van der Waals surface area contributed by atoms with Crippen molar-refractivity contribution in [1.82, 2.24) is 0 Å². The fourth-order valence-corrected chi connectivity index (χ4v) is 1.35. The Kier molecular flexibility index (Phi) is 4.00. The third kappa shape index (κ3) is 3.66. The lowest BCUT2D eigenvalue weighted by molar-refractivity contribution is -0.138. The van der Waals surface area contributed by atoms with Crippen molar-refractivity contribution in [2.45, 2.75) is 20.0 Å². The zero-order valence-corrected chi connectivity index (χ0v) is 9.60. The minimum Gasteiger partial charge on any atom is -0.384 e. The van der Waals surface area contributed by atoms with E-state index >= 15 is 0 Å². The predicted octanol–water partition coefficient (Wildman–Crippen LogP) is 3.59. The number of benzene rings is 1. The van der Waals surface area contributed by atoms with Crippen molar-refractivity contribution < 1.29 is 13.2 Å². The second-order valence-electron chi connectivity index (χ2n) is 3.94. The Morgan fingerprint density at radius 1 is 1.41 bits per heavy atom. The van der Waals surface area contributed by atoms with E-state index < -0.39 is 11.7 Å². The van der Waals surface area contributed by atoms with Gasteiger partial charge in [0.25, 0.3) is 0 Å². The van der Waals surface area contributed by atoms with Crippen LogP contribution in [0.5, 0.6) is 0 Å². The van der Waals surface area contributed by atoms with Crippen LogP contribution in [0, 0.1) is 24.2 Å². The van der Waals surface area contributed by atoms with Crippen LogP contribution in [0.2, 0.25) is 0 Å². The highest BCUT2D eigenvalue weighted by atomic mass is 19.4. The van der Waals surface area contributed by atoms with Crippen molar-refractivity contribution in [2.75, 3.05) is 11.9 Å². The number of hydrogen-bond acceptors (Lipinski definition) is 2. The maximum atomic E-state index is 12.6. The van der Waals surface area contributed by atoms with Crippen molar-refractivity contribution in [1.29, 1.82) is 5.26 Å². The van der Waals surface area contributed by atoms with Crippen LogP contribution < -0.4 is 5.32 Å². The summed E-state index contributed by atoms with van der Waals surface area (Å²) in [6, 6.07) is 6.07. The van der Waals surface area contributed by atoms with Gasteiger partial charge in [-0.05, 0) is 31.5 Å². The van der Waals surface area contributed by atoms with E-state index in [0.29, 0.717) is 12.2 Å². The summed E-state index contributed by atoms with van der Waals surface area (Å²) in [5.74, 6) is -0.245. The van der Waals surface area contributed by atoms with E-state index in [-0.39, 0.29) is 11.5 Å². The standard InChI is InChI=1S/C12H13F3N2/c1-8(6-16)7-17-10-4-3-9(2)11(5-10)12(13,14)15/h3-5,8,17H,7H2,1-2H3. The molecule has 1 atom stereocenters. The average molecular weight is 242 g/mol. The molecule has 1 unspecified atom stereocenters. The molecule has 0 aromatic heterocycles. The van der Waals surface area contributed by atoms with E-state index in [2.05, 4.69) is 5.32 Å². The van der Waals surface area contributed by atoms with Gasteiger partial charge >= 0.3 is 6.18 Å². The highest BCUT2D eigenvalue weighted by Gasteiger charge is 2.32. The van der Waals surface area contributed by atoms with Gasteiger partial charge in [0.1, 0.15) is 0 Å². The lowest BCUT2D eigenvalue weighted by Crippen LogP contribution is -2.12. The normalized spacial score (nSPS) is 12.9. The van der Waals surface area contributed by atoms with Crippen LogP contribution in [-0.4, -0.2) is 6.54 Å². The first-order valence-corrected chi connectivity index (χ1v) is 5.16. The van der Waals surface area contributed by atoms with Gasteiger partial charge in [-0.3, -0.25) is 0 Å². The number of anilines is 1. The number of nitrogens with one attached hydrogen (secondary N) is 1. The SMILES string of the molecule is Cc1ccc(NCC(C)C#N)cc1C(F)(F)F. The number of nitrogens with zero attached hydrogens (tertiary/aromatic N) is 1. The van der Waals surface area contributed by atoms with Crippen molar-refractivity contribution in [2.24, 2.45) is 5.92 Å². The zero-order chi connectivity index (χ0) is 13.1. The van der Waals surface area contributed by atoms with Crippen LogP contribution in [0.15, 0.2) is 18.2 Å². The van der Waals surface area contributed by atoms with E-state index in [9.17, 15) is 13.2 Å². The number of alkyl halides is 3. The Morgan fingerprint density at radius 3 is 2.59 bits per heavy atom. The molecular weight excluding hydrogens is 229 g/mol. The van der Waals surface area contributed by atoms with E-state index in [1.54, 1.807) is 13.0 Å². The summed E-state index contributed by atoms with van der Waals surface area (Å²) in [6.07, 6.45) is -4.34. The van der Waals surface area contributed by atoms with Crippen molar-refractivity contribution in [3.05, 3.63) is 29.3 Å². The molecule has 0 amide bonds. The van der Waals surface area contributed by atoms with Gasteiger partial charge in [0.05, 0.1) is 17.6 Å². The van der Waals surface area contributed by atoms with Crippen molar-refractivity contribution in [3.8, 4) is 6.07 Å². The zero-order valence-electron chi connectivity index (χ0n) is 9.60. The molecular formula is C12H13F3N2. The Hall–Kier alpha value is -1.70. The van der Waals surface area contributed by atoms with Crippen LogP contribution >= 0.6 is 0 Å². The monoisotopic (exact) mass is 242 g/mol. The molecule has 0 aliphatic carbocycles. The number of rotatable bonds is 3. The molecule has 17 heavy (non-hydrogen) atoms. The highest BCUT2D eigenvalue weighted by molar-refractivity contribution is 5.49. The molecule has 0 spiro atoms. The van der Waals surface area contributed by atoms with Gasteiger partial charge in [-0.1, -0.05) is 6.07 Å². The van der Waals surface area contributed by atoms with Gasteiger partial charge in [0.2, 0.25) is 0 Å². The van der Waals surface area contributed by atoms with Crippen LogP contribution in [0.4, 0.5) is 18.9 Å². The largest absolute Gasteiger partial charge is 0.416 e. The molecule has 1 aromatic carbocycles. The molecule has 0 aliphatic rings. The maximum absolute atomic E-state index is 12.6. The predicted molar refractivity (Wildman–Crippen MR) is 59.4 cm³/mol. The third-order valence-corrected chi connectivity index (χ3v) is 2.38. The molecule has 0 fully saturated rings. The minimum absolute atomic E-state index is 0.191. The molecule has 1 aromatic rings. The van der Waals surface area contributed by atoms with Crippen LogP contribution in [0.25, 0.3) is 0 Å². The second kappa shape index (κ2) is 5.09. The van der Waals surface area contributed by atoms with Gasteiger partial charge in [-0.2, -0.15) is 18.4 Å². The molecule has 0 heterocycles. The molecule has 0 saturated heterocycles. The molecule has 5 heteroatoms. The highest BCUT2D eigenvalue weighted by Crippen LogP contribution is 2.33. The molecule has 0 saturated carbocycles. The summed E-state index contributed by atoms with van der Waals surface area (Å²) < 4.78 is 37.8. The minimum atomic E-state index is -4.34. The molecule has 0 radical (unpaired) electrons. The second-order valence-corrected chi connectivity index (χ2v) is 3.94. The Morgan fingerprint density at radius 2 is 2.06 bits per heavy atom. The first kappa shape index (κ1) is 13.4. The van der Waals surface area contributed by atoms with Gasteiger partial charge in [0, 0.05) is 12.2 Å². The van der Waals surface area contributed by atoms with Crippen molar-refractivity contribution >= 4 is 5.69 Å². The number of nitriles is 1. The first-order chi connectivity index (χ1) is 7.84. The molecule has 1 rings (SSSR count). The lowest BCUT2D eigenvalue weighted by atomic mass is 10.1. The van der Waals surface area contributed by atoms with Crippen LogP contribution in [0.1, 0.15) is 18.1 Å². The Balaban J connectivity index is 2.87. The summed E-state index contributed by atoms with van der Waals surface area (Å²) in [4.78, 5) is 0. The number of halogens is 3. The Bertz CT molecular complexity index is 432. The third-order valence-electron chi connectivity index (χ3n) is 2.38. The molecule has 92 valence electrons. The number of aryl methyl sites for hydroxylation is 1. The van der Waals surface area contributed by atoms with Crippen molar-refractivity contribution in [3.63, 3.8) is 0 Å². The van der Waals surface area contributed by atoms with Gasteiger partial charge in [0.15, 0.2) is 0 Å². The summed E-state index contributed by atoms with van der Waals surface area (Å²) in [7, 11) is 0. The smallest absolute Gasteiger partial charge is 0.384 e. The van der Waals surface area contributed by atoms with Gasteiger partial charge < -0.3 is 5.32 Å². The van der Waals surface area contributed by atoms with E-state index in [4.69, 9.17) is 5.26 Å². The van der Waals surface area contributed by atoms with Gasteiger partial charge in [-0.25, -0.2) is 0 Å². The molecule has 2 nitrogen and oxygen atoms in total. The van der Waals surface area contributed by atoms with Gasteiger partial charge in [-0.15, -0.1) is 0 Å². The van der Waals surface area contributed by atoms with E-state index in [0.717, 1.165) is 6.07 Å².